The zero-order valence-corrected chi connectivity index (χ0v) is 10.9. The van der Waals surface area contributed by atoms with E-state index in [2.05, 4.69) is 23.5 Å². The Kier molecular flexibility index (Phi) is 3.52. The number of ether oxygens (including phenoxy) is 2. The van der Waals surface area contributed by atoms with Gasteiger partial charge in [0.15, 0.2) is 0 Å². The lowest BCUT2D eigenvalue weighted by atomic mass is 9.87. The number of hydrogen-bond acceptors (Lipinski definition) is 3. The zero-order valence-electron chi connectivity index (χ0n) is 10.9. The minimum atomic E-state index is 0.242. The monoisotopic (exact) mass is 247 g/mol. The highest BCUT2D eigenvalue weighted by molar-refractivity contribution is 5.43. The van der Waals surface area contributed by atoms with Crippen LogP contribution in [0.5, 0.6) is 5.75 Å². The average Bonchev–Trinajstić information content (AvgIpc) is 2.91. The van der Waals surface area contributed by atoms with Gasteiger partial charge in [0.2, 0.25) is 0 Å². The molecule has 2 atom stereocenters. The van der Waals surface area contributed by atoms with Crippen molar-refractivity contribution in [3.63, 3.8) is 0 Å². The van der Waals surface area contributed by atoms with Gasteiger partial charge in [-0.05, 0) is 43.5 Å². The largest absolute Gasteiger partial charge is 0.488 e. The topological polar surface area (TPSA) is 30.5 Å². The Morgan fingerprint density at radius 1 is 1.33 bits per heavy atom. The molecule has 0 amide bonds. The van der Waals surface area contributed by atoms with Gasteiger partial charge in [-0.3, -0.25) is 0 Å². The highest BCUT2D eigenvalue weighted by Gasteiger charge is 2.24. The van der Waals surface area contributed by atoms with Crippen molar-refractivity contribution in [1.29, 1.82) is 0 Å². The lowest BCUT2D eigenvalue weighted by Crippen LogP contribution is -2.23. The summed E-state index contributed by atoms with van der Waals surface area (Å²) < 4.78 is 11.5. The van der Waals surface area contributed by atoms with E-state index in [0.717, 1.165) is 31.8 Å². The summed E-state index contributed by atoms with van der Waals surface area (Å²) in [5, 5.41) is 3.40. The second-order valence-electron chi connectivity index (χ2n) is 5.16. The van der Waals surface area contributed by atoms with Crippen molar-refractivity contribution < 1.29 is 9.47 Å². The van der Waals surface area contributed by atoms with E-state index in [0.29, 0.717) is 6.04 Å². The summed E-state index contributed by atoms with van der Waals surface area (Å²) in [4.78, 5) is 0. The maximum atomic E-state index is 6.11. The molecular weight excluding hydrogens is 226 g/mol. The Balaban J connectivity index is 1.85. The van der Waals surface area contributed by atoms with E-state index in [1.54, 1.807) is 0 Å². The van der Waals surface area contributed by atoms with Gasteiger partial charge in [-0.15, -0.1) is 0 Å². The van der Waals surface area contributed by atoms with Crippen LogP contribution in [0.4, 0.5) is 0 Å². The first-order chi connectivity index (χ1) is 8.88. The van der Waals surface area contributed by atoms with E-state index in [1.165, 1.54) is 24.0 Å². The predicted molar refractivity (Wildman–Crippen MR) is 71.0 cm³/mol. The standard InChI is InChI=1S/C15H21NO2/c1-16-14-6-2-5-13-12(14)4-3-7-15(13)18-11-8-9-17-10-11/h3-4,7,11,14,16H,2,5-6,8-10H2,1H3. The molecule has 1 N–H and O–H groups in total. The molecule has 1 aliphatic heterocycles. The van der Waals surface area contributed by atoms with Crippen LogP contribution < -0.4 is 10.1 Å². The zero-order chi connectivity index (χ0) is 12.4. The van der Waals surface area contributed by atoms with Crippen LogP contribution >= 0.6 is 0 Å². The molecule has 0 saturated carbocycles. The smallest absolute Gasteiger partial charge is 0.124 e. The van der Waals surface area contributed by atoms with Gasteiger partial charge in [0.05, 0.1) is 13.2 Å². The Labute approximate surface area is 108 Å². The second kappa shape index (κ2) is 5.29. The minimum Gasteiger partial charge on any atom is -0.488 e. The third-order valence-electron chi connectivity index (χ3n) is 3.99. The first kappa shape index (κ1) is 12.0. The van der Waals surface area contributed by atoms with E-state index in [-0.39, 0.29) is 6.10 Å². The Morgan fingerprint density at radius 3 is 3.06 bits per heavy atom. The second-order valence-corrected chi connectivity index (χ2v) is 5.16. The fourth-order valence-corrected chi connectivity index (χ4v) is 3.01. The summed E-state index contributed by atoms with van der Waals surface area (Å²) in [6, 6.07) is 6.93. The molecule has 1 fully saturated rings. The molecule has 1 heterocycles. The highest BCUT2D eigenvalue weighted by Crippen LogP contribution is 2.35. The minimum absolute atomic E-state index is 0.242. The van der Waals surface area contributed by atoms with Gasteiger partial charge in [-0.2, -0.15) is 0 Å². The van der Waals surface area contributed by atoms with Gasteiger partial charge in [-0.25, -0.2) is 0 Å². The normalized spacial score (nSPS) is 26.9. The number of nitrogens with one attached hydrogen (secondary N) is 1. The molecular formula is C15H21NO2. The van der Waals surface area contributed by atoms with Crippen LogP contribution in [0.25, 0.3) is 0 Å². The Bertz CT molecular complexity index is 413. The fourth-order valence-electron chi connectivity index (χ4n) is 3.01. The number of benzene rings is 1. The first-order valence-corrected chi connectivity index (χ1v) is 6.92. The number of rotatable bonds is 3. The molecule has 0 spiro atoms. The van der Waals surface area contributed by atoms with Crippen molar-refractivity contribution in [2.24, 2.45) is 0 Å². The van der Waals surface area contributed by atoms with Gasteiger partial charge in [0.25, 0.3) is 0 Å². The van der Waals surface area contributed by atoms with Crippen molar-refractivity contribution in [3.05, 3.63) is 29.3 Å². The summed E-state index contributed by atoms with van der Waals surface area (Å²) in [6.45, 7) is 1.57. The van der Waals surface area contributed by atoms with Crippen LogP contribution in [-0.2, 0) is 11.2 Å². The van der Waals surface area contributed by atoms with Crippen molar-refractivity contribution in [2.45, 2.75) is 37.8 Å². The summed E-state index contributed by atoms with van der Waals surface area (Å²) in [5.74, 6) is 1.07. The van der Waals surface area contributed by atoms with Crippen LogP contribution in [-0.4, -0.2) is 26.4 Å². The summed E-state index contributed by atoms with van der Waals surface area (Å²) in [6.07, 6.45) is 4.85. The quantitative estimate of drug-likeness (QED) is 0.890. The lowest BCUT2D eigenvalue weighted by molar-refractivity contribution is 0.140. The number of hydrogen-bond donors (Lipinski definition) is 1. The maximum Gasteiger partial charge on any atom is 0.124 e. The molecule has 1 aromatic rings. The average molecular weight is 247 g/mol. The molecule has 2 aliphatic rings. The molecule has 18 heavy (non-hydrogen) atoms. The third-order valence-corrected chi connectivity index (χ3v) is 3.99. The van der Waals surface area contributed by atoms with Crippen LogP contribution in [0, 0.1) is 0 Å². The molecule has 1 aliphatic carbocycles. The van der Waals surface area contributed by atoms with E-state index < -0.39 is 0 Å². The third kappa shape index (κ3) is 2.25. The van der Waals surface area contributed by atoms with Crippen LogP contribution in [0.2, 0.25) is 0 Å². The summed E-state index contributed by atoms with van der Waals surface area (Å²) >= 11 is 0. The van der Waals surface area contributed by atoms with Crippen molar-refractivity contribution in [2.75, 3.05) is 20.3 Å². The van der Waals surface area contributed by atoms with Crippen LogP contribution in [0.3, 0.4) is 0 Å². The van der Waals surface area contributed by atoms with Crippen LogP contribution in [0.1, 0.15) is 36.4 Å². The Morgan fingerprint density at radius 2 is 2.28 bits per heavy atom. The SMILES string of the molecule is CNC1CCCc2c(OC3CCOC3)cccc21. The molecule has 2 unspecified atom stereocenters. The summed E-state index contributed by atoms with van der Waals surface area (Å²) in [7, 11) is 2.04. The molecule has 3 nitrogen and oxygen atoms in total. The van der Waals surface area contributed by atoms with Gasteiger partial charge < -0.3 is 14.8 Å². The van der Waals surface area contributed by atoms with Gasteiger partial charge in [0, 0.05) is 12.5 Å². The Hall–Kier alpha value is -1.06. The van der Waals surface area contributed by atoms with E-state index in [1.807, 2.05) is 7.05 Å². The molecule has 1 aromatic carbocycles. The molecule has 0 bridgehead atoms. The van der Waals surface area contributed by atoms with Crippen molar-refractivity contribution in [1.82, 2.24) is 5.32 Å². The van der Waals surface area contributed by atoms with E-state index >= 15 is 0 Å². The maximum absolute atomic E-state index is 6.11. The van der Waals surface area contributed by atoms with Gasteiger partial charge >= 0.3 is 0 Å². The first-order valence-electron chi connectivity index (χ1n) is 6.92. The molecule has 3 rings (SSSR count). The molecule has 0 radical (unpaired) electrons. The molecule has 1 saturated heterocycles. The molecule has 3 heteroatoms. The lowest BCUT2D eigenvalue weighted by Gasteiger charge is -2.27. The molecule has 0 aromatic heterocycles. The number of fused-ring (bicyclic) bond motifs is 1. The van der Waals surface area contributed by atoms with E-state index in [9.17, 15) is 0 Å². The van der Waals surface area contributed by atoms with Gasteiger partial charge in [0.1, 0.15) is 11.9 Å². The van der Waals surface area contributed by atoms with E-state index in [4.69, 9.17) is 9.47 Å². The molecule has 98 valence electrons. The highest BCUT2D eigenvalue weighted by atomic mass is 16.5. The predicted octanol–water partition coefficient (Wildman–Crippen LogP) is 2.45. The van der Waals surface area contributed by atoms with Crippen molar-refractivity contribution in [3.8, 4) is 5.75 Å². The van der Waals surface area contributed by atoms with Crippen LogP contribution in [0.15, 0.2) is 18.2 Å². The van der Waals surface area contributed by atoms with Crippen molar-refractivity contribution >= 4 is 0 Å². The fraction of sp³-hybridized carbons (Fsp3) is 0.600. The summed E-state index contributed by atoms with van der Waals surface area (Å²) in [5.41, 5.74) is 2.81. The van der Waals surface area contributed by atoms with Gasteiger partial charge in [-0.1, -0.05) is 12.1 Å².